The Bertz CT molecular complexity index is 729. The Labute approximate surface area is 159 Å². The number of thiazole rings is 1. The predicted octanol–water partition coefficient (Wildman–Crippen LogP) is 3.33. The highest BCUT2D eigenvalue weighted by molar-refractivity contribution is 7.09. The Morgan fingerprint density at radius 1 is 1.23 bits per heavy atom. The van der Waals surface area contributed by atoms with Crippen molar-refractivity contribution in [1.82, 2.24) is 9.88 Å². The minimum Gasteiger partial charge on any atom is -0.497 e. The second kappa shape index (κ2) is 7.55. The molecule has 26 heavy (non-hydrogen) atoms. The van der Waals surface area contributed by atoms with Crippen molar-refractivity contribution in [2.24, 2.45) is 0 Å². The quantitative estimate of drug-likeness (QED) is 0.822. The summed E-state index contributed by atoms with van der Waals surface area (Å²) in [5.41, 5.74) is 2.37. The maximum Gasteiger partial charge on any atom is 0.119 e. The molecule has 140 valence electrons. The maximum absolute atomic E-state index is 6.35. The zero-order valence-corrected chi connectivity index (χ0v) is 16.4. The number of hydrogen-bond acceptors (Lipinski definition) is 6. The van der Waals surface area contributed by atoms with Crippen molar-refractivity contribution in [1.29, 1.82) is 0 Å². The fraction of sp³-hybridized carbons (Fsp3) is 0.550. The van der Waals surface area contributed by atoms with Gasteiger partial charge in [0.25, 0.3) is 0 Å². The Morgan fingerprint density at radius 3 is 2.81 bits per heavy atom. The number of anilines is 1. The van der Waals surface area contributed by atoms with Crippen LogP contribution in [0.3, 0.4) is 0 Å². The SMILES string of the molecule is COc1ccc(N2CCCC3(CN(Cc4csc(C)n4)CCO3)C2)cc1. The molecular weight excluding hydrogens is 346 g/mol. The highest BCUT2D eigenvalue weighted by Gasteiger charge is 2.40. The van der Waals surface area contributed by atoms with Gasteiger partial charge in [0.1, 0.15) is 5.75 Å². The van der Waals surface area contributed by atoms with Gasteiger partial charge >= 0.3 is 0 Å². The summed E-state index contributed by atoms with van der Waals surface area (Å²) in [5, 5.41) is 3.33. The number of aryl methyl sites for hydroxylation is 1. The molecule has 2 saturated heterocycles. The molecule has 4 rings (SSSR count). The molecule has 1 spiro atoms. The lowest BCUT2D eigenvalue weighted by molar-refractivity contribution is -0.116. The number of nitrogens with zero attached hydrogens (tertiary/aromatic N) is 3. The lowest BCUT2D eigenvalue weighted by atomic mass is 9.90. The van der Waals surface area contributed by atoms with Crippen LogP contribution in [0, 0.1) is 6.92 Å². The second-order valence-electron chi connectivity index (χ2n) is 7.32. The van der Waals surface area contributed by atoms with E-state index in [2.05, 4.69) is 39.2 Å². The van der Waals surface area contributed by atoms with Crippen LogP contribution in [0.4, 0.5) is 5.69 Å². The largest absolute Gasteiger partial charge is 0.497 e. The smallest absolute Gasteiger partial charge is 0.119 e. The summed E-state index contributed by atoms with van der Waals surface area (Å²) < 4.78 is 11.6. The molecule has 1 aromatic carbocycles. The van der Waals surface area contributed by atoms with Gasteiger partial charge in [0.15, 0.2) is 0 Å². The van der Waals surface area contributed by atoms with Gasteiger partial charge in [-0.3, -0.25) is 4.90 Å². The molecule has 3 heterocycles. The van der Waals surface area contributed by atoms with E-state index in [4.69, 9.17) is 9.47 Å². The topological polar surface area (TPSA) is 37.8 Å². The number of ether oxygens (including phenoxy) is 2. The summed E-state index contributed by atoms with van der Waals surface area (Å²) in [6, 6.07) is 8.37. The third-order valence-electron chi connectivity index (χ3n) is 5.36. The fourth-order valence-corrected chi connectivity index (χ4v) is 4.73. The van der Waals surface area contributed by atoms with Crippen LogP contribution in [0.1, 0.15) is 23.5 Å². The van der Waals surface area contributed by atoms with Crippen molar-refractivity contribution in [2.45, 2.75) is 31.9 Å². The van der Waals surface area contributed by atoms with Gasteiger partial charge < -0.3 is 14.4 Å². The molecule has 1 aromatic heterocycles. The molecule has 2 aliphatic rings. The molecular formula is C20H27N3O2S. The molecule has 0 bridgehead atoms. The fourth-order valence-electron chi connectivity index (χ4n) is 4.13. The first-order chi connectivity index (χ1) is 12.7. The molecule has 0 N–H and O–H groups in total. The monoisotopic (exact) mass is 373 g/mol. The first-order valence-corrected chi connectivity index (χ1v) is 10.2. The van der Waals surface area contributed by atoms with E-state index in [1.165, 1.54) is 11.4 Å². The standard InChI is InChI=1S/C20H27N3O2S/c1-16-21-17(13-26-16)12-22-10-11-25-20(14-22)8-3-9-23(15-20)18-4-6-19(24-2)7-5-18/h4-7,13H,3,8-12,14-15H2,1-2H3. The second-order valence-corrected chi connectivity index (χ2v) is 8.39. The third kappa shape index (κ3) is 3.87. The van der Waals surface area contributed by atoms with E-state index in [0.29, 0.717) is 0 Å². The Kier molecular flexibility index (Phi) is 5.16. The minimum absolute atomic E-state index is 0.0680. The summed E-state index contributed by atoms with van der Waals surface area (Å²) in [7, 11) is 1.71. The van der Waals surface area contributed by atoms with Gasteiger partial charge in [-0.25, -0.2) is 4.98 Å². The van der Waals surface area contributed by atoms with E-state index in [1.54, 1.807) is 18.4 Å². The first kappa shape index (κ1) is 17.8. The van der Waals surface area contributed by atoms with Crippen LogP contribution in [-0.4, -0.2) is 55.4 Å². The minimum atomic E-state index is -0.0680. The summed E-state index contributed by atoms with van der Waals surface area (Å²) in [6.45, 7) is 7.81. The zero-order valence-electron chi connectivity index (χ0n) is 15.6. The van der Waals surface area contributed by atoms with Gasteiger partial charge in [0, 0.05) is 43.8 Å². The highest BCUT2D eigenvalue weighted by Crippen LogP contribution is 2.32. The molecule has 1 atom stereocenters. The van der Waals surface area contributed by atoms with Crippen LogP contribution >= 0.6 is 11.3 Å². The van der Waals surface area contributed by atoms with Crippen LogP contribution in [0.5, 0.6) is 5.75 Å². The number of morpholine rings is 1. The summed E-state index contributed by atoms with van der Waals surface area (Å²) in [4.78, 5) is 9.60. The number of benzene rings is 1. The number of aromatic nitrogens is 1. The normalized spacial score (nSPS) is 24.2. The molecule has 0 aliphatic carbocycles. The van der Waals surface area contributed by atoms with Crippen LogP contribution < -0.4 is 9.64 Å². The van der Waals surface area contributed by atoms with Crippen molar-refractivity contribution >= 4 is 17.0 Å². The van der Waals surface area contributed by atoms with E-state index in [-0.39, 0.29) is 5.60 Å². The van der Waals surface area contributed by atoms with Crippen molar-refractivity contribution in [3.8, 4) is 5.75 Å². The molecule has 2 fully saturated rings. The number of methoxy groups -OCH3 is 1. The molecule has 6 heteroatoms. The van der Waals surface area contributed by atoms with Crippen LogP contribution in [-0.2, 0) is 11.3 Å². The predicted molar refractivity (Wildman–Crippen MR) is 105 cm³/mol. The van der Waals surface area contributed by atoms with Gasteiger partial charge in [0.05, 0.1) is 30.0 Å². The third-order valence-corrected chi connectivity index (χ3v) is 6.18. The summed E-state index contributed by atoms with van der Waals surface area (Å²) in [5.74, 6) is 0.902. The van der Waals surface area contributed by atoms with E-state index in [1.807, 2.05) is 12.1 Å². The molecule has 2 aliphatic heterocycles. The number of rotatable bonds is 4. The zero-order chi connectivity index (χ0) is 18.0. The summed E-state index contributed by atoms with van der Waals surface area (Å²) in [6.07, 6.45) is 2.29. The van der Waals surface area contributed by atoms with Crippen LogP contribution in [0.25, 0.3) is 0 Å². The van der Waals surface area contributed by atoms with E-state index >= 15 is 0 Å². The molecule has 0 radical (unpaired) electrons. The van der Waals surface area contributed by atoms with Gasteiger partial charge in [-0.1, -0.05) is 0 Å². The van der Waals surface area contributed by atoms with Crippen LogP contribution in [0.15, 0.2) is 29.6 Å². The average Bonchev–Trinajstić information content (AvgIpc) is 3.06. The Balaban J connectivity index is 1.44. The average molecular weight is 374 g/mol. The van der Waals surface area contributed by atoms with Crippen molar-refractivity contribution in [3.63, 3.8) is 0 Å². The summed E-state index contributed by atoms with van der Waals surface area (Å²) >= 11 is 1.73. The lowest BCUT2D eigenvalue weighted by Gasteiger charge is -2.48. The molecule has 1 unspecified atom stereocenters. The highest BCUT2D eigenvalue weighted by atomic mass is 32.1. The van der Waals surface area contributed by atoms with Gasteiger partial charge in [-0.2, -0.15) is 0 Å². The number of hydrogen-bond donors (Lipinski definition) is 0. The van der Waals surface area contributed by atoms with Gasteiger partial charge in [-0.15, -0.1) is 11.3 Å². The van der Waals surface area contributed by atoms with Crippen molar-refractivity contribution in [2.75, 3.05) is 44.8 Å². The van der Waals surface area contributed by atoms with Crippen LogP contribution in [0.2, 0.25) is 0 Å². The molecule has 0 amide bonds. The first-order valence-electron chi connectivity index (χ1n) is 9.32. The van der Waals surface area contributed by atoms with Crippen molar-refractivity contribution in [3.05, 3.63) is 40.3 Å². The number of piperidine rings is 1. The molecule has 0 saturated carbocycles. The Hall–Kier alpha value is -1.63. The van der Waals surface area contributed by atoms with Gasteiger partial charge in [-0.05, 0) is 44.0 Å². The van der Waals surface area contributed by atoms with Gasteiger partial charge in [0.2, 0.25) is 0 Å². The molecule has 5 nitrogen and oxygen atoms in total. The lowest BCUT2D eigenvalue weighted by Crippen LogP contribution is -2.59. The maximum atomic E-state index is 6.35. The van der Waals surface area contributed by atoms with E-state index in [9.17, 15) is 0 Å². The molecule has 2 aromatic rings. The van der Waals surface area contributed by atoms with Crippen molar-refractivity contribution < 1.29 is 9.47 Å². The Morgan fingerprint density at radius 2 is 2.08 bits per heavy atom. The van der Waals surface area contributed by atoms with E-state index < -0.39 is 0 Å². The van der Waals surface area contributed by atoms with E-state index in [0.717, 1.165) is 62.9 Å².